The Kier molecular flexibility index (Phi) is 10.8. The van der Waals surface area contributed by atoms with Crippen molar-refractivity contribution in [2.45, 2.75) is 51.1 Å². The number of piperazine rings is 1. The molecule has 5 unspecified atom stereocenters. The van der Waals surface area contributed by atoms with Gasteiger partial charge in [-0.15, -0.1) is 0 Å². The summed E-state index contributed by atoms with van der Waals surface area (Å²) in [6.45, 7) is 6.11. The number of benzene rings is 3. The van der Waals surface area contributed by atoms with E-state index in [-0.39, 0.29) is 37.8 Å². The Hall–Kier alpha value is -5.21. The summed E-state index contributed by atoms with van der Waals surface area (Å²) in [5.41, 5.74) is 3.74. The third-order valence-corrected chi connectivity index (χ3v) is 9.84. The van der Waals surface area contributed by atoms with E-state index in [1.165, 1.54) is 0 Å². The van der Waals surface area contributed by atoms with Crippen LogP contribution in [0.25, 0.3) is 0 Å². The molecule has 0 saturated carbocycles. The van der Waals surface area contributed by atoms with Gasteiger partial charge in [0.15, 0.2) is 6.29 Å². The van der Waals surface area contributed by atoms with Crippen LogP contribution in [0.1, 0.15) is 48.0 Å². The first kappa shape index (κ1) is 35.2. The highest BCUT2D eigenvalue weighted by molar-refractivity contribution is 6.22. The molecule has 52 heavy (non-hydrogen) atoms. The SMILES string of the molecule is CC1C(CN2CCN(c3ncccn3)CC2)OC(c2ccc(N3C(=O)CC(NC(=O)OCc4ccccc4)C3=O)cc2)OC1c1ccc(CO)cc1. The largest absolute Gasteiger partial charge is 0.445 e. The van der Waals surface area contributed by atoms with Crippen molar-refractivity contribution in [3.8, 4) is 0 Å². The molecule has 3 aliphatic rings. The molecular weight excluding hydrogens is 664 g/mol. The van der Waals surface area contributed by atoms with E-state index in [0.717, 1.165) is 59.3 Å². The zero-order valence-electron chi connectivity index (χ0n) is 28.9. The van der Waals surface area contributed by atoms with Crippen LogP contribution in [0.2, 0.25) is 0 Å². The molecular formula is C39H42N6O7. The summed E-state index contributed by atoms with van der Waals surface area (Å²) >= 11 is 0. The molecule has 0 radical (unpaired) electrons. The predicted octanol–water partition coefficient (Wildman–Crippen LogP) is 4.14. The van der Waals surface area contributed by atoms with Crippen molar-refractivity contribution in [1.29, 1.82) is 0 Å². The highest BCUT2D eigenvalue weighted by Crippen LogP contribution is 2.42. The summed E-state index contributed by atoms with van der Waals surface area (Å²) in [7, 11) is 0. The molecule has 13 nitrogen and oxygen atoms in total. The fraction of sp³-hybridized carbons (Fsp3) is 0.359. The number of amides is 3. The van der Waals surface area contributed by atoms with E-state index in [2.05, 4.69) is 32.0 Å². The molecule has 1 aromatic heterocycles. The second kappa shape index (κ2) is 16.0. The van der Waals surface area contributed by atoms with E-state index in [1.807, 2.05) is 60.7 Å². The van der Waals surface area contributed by atoms with Crippen LogP contribution in [-0.2, 0) is 37.0 Å². The maximum atomic E-state index is 13.3. The van der Waals surface area contributed by atoms with Crippen LogP contribution in [0, 0.1) is 5.92 Å². The Labute approximate surface area is 302 Å². The van der Waals surface area contributed by atoms with Crippen LogP contribution in [0.4, 0.5) is 16.4 Å². The lowest BCUT2D eigenvalue weighted by Crippen LogP contribution is -2.51. The van der Waals surface area contributed by atoms with E-state index in [4.69, 9.17) is 14.2 Å². The summed E-state index contributed by atoms with van der Waals surface area (Å²) in [5.74, 6) is -0.206. The van der Waals surface area contributed by atoms with E-state index >= 15 is 0 Å². The second-order valence-corrected chi connectivity index (χ2v) is 13.3. The lowest BCUT2D eigenvalue weighted by atomic mass is 9.90. The average molecular weight is 707 g/mol. The van der Waals surface area contributed by atoms with Crippen LogP contribution in [0.15, 0.2) is 97.3 Å². The number of carbonyl (C=O) groups is 3. The Morgan fingerprint density at radius 3 is 2.25 bits per heavy atom. The number of alkyl carbamates (subject to hydrolysis) is 1. The second-order valence-electron chi connectivity index (χ2n) is 13.3. The Morgan fingerprint density at radius 1 is 0.865 bits per heavy atom. The predicted molar refractivity (Wildman–Crippen MR) is 191 cm³/mol. The number of anilines is 2. The first-order valence-electron chi connectivity index (χ1n) is 17.5. The van der Waals surface area contributed by atoms with Gasteiger partial charge in [0, 0.05) is 56.6 Å². The zero-order valence-corrected chi connectivity index (χ0v) is 28.9. The average Bonchev–Trinajstić information content (AvgIpc) is 3.47. The molecule has 4 heterocycles. The third-order valence-electron chi connectivity index (χ3n) is 9.84. The summed E-state index contributed by atoms with van der Waals surface area (Å²) in [6.07, 6.45) is 1.41. The van der Waals surface area contributed by atoms with Gasteiger partial charge >= 0.3 is 6.09 Å². The number of nitrogens with one attached hydrogen (secondary N) is 1. The number of carbonyl (C=O) groups excluding carboxylic acids is 3. The smallest absolute Gasteiger partial charge is 0.408 e. The van der Waals surface area contributed by atoms with Crippen molar-refractivity contribution in [3.63, 3.8) is 0 Å². The van der Waals surface area contributed by atoms with Gasteiger partial charge < -0.3 is 29.5 Å². The summed E-state index contributed by atoms with van der Waals surface area (Å²) in [4.78, 5) is 53.2. The monoisotopic (exact) mass is 706 g/mol. The van der Waals surface area contributed by atoms with Gasteiger partial charge in [0.2, 0.25) is 11.9 Å². The Balaban J connectivity index is 1.02. The quantitative estimate of drug-likeness (QED) is 0.230. The molecule has 0 bridgehead atoms. The Bertz CT molecular complexity index is 1820. The standard InChI is InChI=1S/C39H42N6O7/c1-26-33(23-43-18-20-44(21-19-43)38-40-16-5-17-41-38)51-37(52-35(26)29-10-8-27(24-46)9-11-29)30-12-14-31(15-13-30)45-34(47)22-32(36(45)48)42-39(49)50-25-28-6-3-2-4-7-28/h2-17,26,32-33,35,37,46H,18-25H2,1H3,(H,42,49). The van der Waals surface area contributed by atoms with Crippen LogP contribution in [0.3, 0.4) is 0 Å². The highest BCUT2D eigenvalue weighted by atomic mass is 16.7. The highest BCUT2D eigenvalue weighted by Gasteiger charge is 2.42. The van der Waals surface area contributed by atoms with E-state index in [0.29, 0.717) is 12.2 Å². The first-order valence-corrected chi connectivity index (χ1v) is 17.5. The molecule has 13 heteroatoms. The van der Waals surface area contributed by atoms with Crippen molar-refractivity contribution in [3.05, 3.63) is 120 Å². The van der Waals surface area contributed by atoms with Gasteiger partial charge in [-0.3, -0.25) is 14.5 Å². The van der Waals surface area contributed by atoms with Gasteiger partial charge in [-0.25, -0.2) is 19.7 Å². The molecule has 3 amide bonds. The van der Waals surface area contributed by atoms with Crippen LogP contribution in [0.5, 0.6) is 0 Å². The summed E-state index contributed by atoms with van der Waals surface area (Å²) < 4.78 is 18.5. The molecule has 0 spiro atoms. The molecule has 3 aliphatic heterocycles. The van der Waals surface area contributed by atoms with Crippen molar-refractivity contribution < 1.29 is 33.7 Å². The minimum Gasteiger partial charge on any atom is -0.445 e. The van der Waals surface area contributed by atoms with E-state index < -0.39 is 30.2 Å². The van der Waals surface area contributed by atoms with Crippen molar-refractivity contribution >= 4 is 29.5 Å². The normalized spacial score (nSPS) is 23.8. The molecule has 0 aliphatic carbocycles. The third kappa shape index (κ3) is 7.97. The first-order chi connectivity index (χ1) is 25.4. The molecule has 5 atom stereocenters. The molecule has 3 saturated heterocycles. The minimum atomic E-state index is -1.03. The number of nitrogens with zero attached hydrogens (tertiary/aromatic N) is 5. The number of ether oxygens (including phenoxy) is 3. The molecule has 270 valence electrons. The van der Waals surface area contributed by atoms with Crippen LogP contribution in [-0.4, -0.2) is 82.8 Å². The van der Waals surface area contributed by atoms with Gasteiger partial charge in [-0.1, -0.05) is 73.7 Å². The number of hydrogen-bond acceptors (Lipinski definition) is 11. The minimum absolute atomic E-state index is 0.00893. The summed E-state index contributed by atoms with van der Waals surface area (Å²) in [6, 6.07) is 24.7. The lowest BCUT2D eigenvalue weighted by molar-refractivity contribution is -0.276. The molecule has 4 aromatic rings. The van der Waals surface area contributed by atoms with E-state index in [1.54, 1.807) is 36.7 Å². The fourth-order valence-electron chi connectivity index (χ4n) is 6.87. The summed E-state index contributed by atoms with van der Waals surface area (Å²) in [5, 5.41) is 12.1. The number of aliphatic hydroxyl groups is 1. The van der Waals surface area contributed by atoms with Gasteiger partial charge in [0.05, 0.1) is 30.9 Å². The van der Waals surface area contributed by atoms with Gasteiger partial charge in [-0.05, 0) is 34.9 Å². The van der Waals surface area contributed by atoms with Gasteiger partial charge in [0.25, 0.3) is 5.91 Å². The maximum Gasteiger partial charge on any atom is 0.408 e. The zero-order chi connectivity index (χ0) is 36.0. The fourth-order valence-corrected chi connectivity index (χ4v) is 6.87. The number of rotatable bonds is 10. The van der Waals surface area contributed by atoms with Crippen LogP contribution < -0.4 is 15.1 Å². The topological polar surface area (TPSA) is 147 Å². The van der Waals surface area contributed by atoms with E-state index in [9.17, 15) is 19.5 Å². The van der Waals surface area contributed by atoms with Crippen molar-refractivity contribution in [2.75, 3.05) is 42.5 Å². The van der Waals surface area contributed by atoms with Crippen LogP contribution >= 0.6 is 0 Å². The molecule has 3 aromatic carbocycles. The number of imide groups is 1. The molecule has 3 fully saturated rings. The maximum absolute atomic E-state index is 13.3. The molecule has 7 rings (SSSR count). The lowest BCUT2D eigenvalue weighted by Gasteiger charge is -2.44. The van der Waals surface area contributed by atoms with Gasteiger partial charge in [0.1, 0.15) is 12.6 Å². The number of aromatic nitrogens is 2. The van der Waals surface area contributed by atoms with Crippen molar-refractivity contribution in [2.24, 2.45) is 5.92 Å². The van der Waals surface area contributed by atoms with Crippen molar-refractivity contribution in [1.82, 2.24) is 20.2 Å². The number of hydrogen-bond donors (Lipinski definition) is 2. The van der Waals surface area contributed by atoms with Gasteiger partial charge in [-0.2, -0.15) is 0 Å². The Morgan fingerprint density at radius 2 is 1.56 bits per heavy atom. The molecule has 2 N–H and O–H groups in total. The number of aliphatic hydroxyl groups excluding tert-OH is 1.